The molecule has 8 nitrogen and oxygen atoms in total. The van der Waals surface area contributed by atoms with Crippen LogP contribution in [0.15, 0.2) is 66.9 Å². The van der Waals surface area contributed by atoms with Crippen molar-refractivity contribution in [3.05, 3.63) is 78.0 Å². The van der Waals surface area contributed by atoms with E-state index >= 15 is 0 Å². The molecule has 2 aliphatic heterocycles. The van der Waals surface area contributed by atoms with Gasteiger partial charge < -0.3 is 24.8 Å². The largest absolute Gasteiger partial charge is 0.493 e. The first-order chi connectivity index (χ1) is 17.5. The lowest BCUT2D eigenvalue weighted by molar-refractivity contribution is -0.121. The van der Waals surface area contributed by atoms with Gasteiger partial charge in [-0.1, -0.05) is 24.3 Å². The third-order valence-corrected chi connectivity index (χ3v) is 6.77. The van der Waals surface area contributed by atoms with Gasteiger partial charge in [-0.2, -0.15) is 0 Å². The normalized spacial score (nSPS) is 17.6. The predicted octanol–water partition coefficient (Wildman–Crippen LogP) is 4.27. The number of hydrogen-bond acceptors (Lipinski definition) is 6. The molecule has 0 saturated carbocycles. The van der Waals surface area contributed by atoms with Crippen LogP contribution in [0.25, 0.3) is 0 Å². The van der Waals surface area contributed by atoms with Crippen LogP contribution in [0, 0.1) is 11.8 Å². The smallest absolute Gasteiger partial charge is 0.335 e. The number of carbonyl (C=O) groups is 2. The number of ether oxygens (including phenoxy) is 2. The summed E-state index contributed by atoms with van der Waals surface area (Å²) in [5.41, 5.74) is 1.96. The zero-order valence-corrected chi connectivity index (χ0v) is 19.9. The Balaban J connectivity index is 1.09. The van der Waals surface area contributed by atoms with E-state index in [1.165, 1.54) is 0 Å². The summed E-state index contributed by atoms with van der Waals surface area (Å²) >= 11 is 0. The number of benzene rings is 2. The zero-order valence-electron chi connectivity index (χ0n) is 19.9. The van der Waals surface area contributed by atoms with Crippen LogP contribution in [0.2, 0.25) is 0 Å². The van der Waals surface area contributed by atoms with Crippen LogP contribution in [-0.4, -0.2) is 48.3 Å². The number of carboxylic acid groups (broad SMARTS) is 1. The quantitative estimate of drug-likeness (QED) is 0.513. The Kier molecular flexibility index (Phi) is 7.02. The van der Waals surface area contributed by atoms with Gasteiger partial charge in [0, 0.05) is 13.1 Å². The van der Waals surface area contributed by atoms with Crippen LogP contribution in [0.4, 0.5) is 11.5 Å². The lowest BCUT2D eigenvalue weighted by Gasteiger charge is -2.32. The van der Waals surface area contributed by atoms with Crippen molar-refractivity contribution in [3.8, 4) is 11.5 Å². The molecule has 1 atom stereocenters. The van der Waals surface area contributed by atoms with Gasteiger partial charge in [0.15, 0.2) is 0 Å². The van der Waals surface area contributed by atoms with Crippen molar-refractivity contribution in [2.24, 2.45) is 11.8 Å². The molecule has 3 heterocycles. The maximum absolute atomic E-state index is 12.7. The van der Waals surface area contributed by atoms with E-state index in [0.29, 0.717) is 37.0 Å². The van der Waals surface area contributed by atoms with Crippen molar-refractivity contribution in [3.63, 3.8) is 0 Å². The Morgan fingerprint density at radius 2 is 1.92 bits per heavy atom. The van der Waals surface area contributed by atoms with Gasteiger partial charge in [0.05, 0.1) is 30.0 Å². The Hall–Kier alpha value is -4.07. The Bertz CT molecular complexity index is 1220. The number of rotatable bonds is 7. The van der Waals surface area contributed by atoms with Crippen molar-refractivity contribution >= 4 is 23.4 Å². The Morgan fingerprint density at radius 3 is 2.69 bits per heavy atom. The third kappa shape index (κ3) is 5.59. The topological polar surface area (TPSA) is 101 Å². The second-order valence-corrected chi connectivity index (χ2v) is 9.29. The molecule has 2 N–H and O–H groups in total. The summed E-state index contributed by atoms with van der Waals surface area (Å²) < 4.78 is 11.6. The number of fused-ring (bicyclic) bond motifs is 1. The Morgan fingerprint density at radius 1 is 1.08 bits per heavy atom. The van der Waals surface area contributed by atoms with Gasteiger partial charge in [0.1, 0.15) is 23.9 Å². The van der Waals surface area contributed by atoms with Crippen molar-refractivity contribution in [1.82, 2.24) is 4.98 Å². The second kappa shape index (κ2) is 10.7. The fourth-order valence-corrected chi connectivity index (χ4v) is 4.65. The van der Waals surface area contributed by atoms with E-state index in [9.17, 15) is 9.59 Å². The van der Waals surface area contributed by atoms with E-state index in [4.69, 9.17) is 14.6 Å². The van der Waals surface area contributed by atoms with Crippen LogP contribution in [0.3, 0.4) is 0 Å². The average molecular weight is 488 g/mol. The highest BCUT2D eigenvalue weighted by atomic mass is 16.5. The molecule has 186 valence electrons. The predicted molar refractivity (Wildman–Crippen MR) is 136 cm³/mol. The van der Waals surface area contributed by atoms with Gasteiger partial charge in [-0.15, -0.1) is 0 Å². The van der Waals surface area contributed by atoms with E-state index in [1.54, 1.807) is 30.5 Å². The number of aromatic nitrogens is 1. The number of carbonyl (C=O) groups excluding carboxylic acids is 1. The number of anilines is 2. The fourth-order valence-electron chi connectivity index (χ4n) is 4.65. The summed E-state index contributed by atoms with van der Waals surface area (Å²) in [6.45, 7) is 2.66. The minimum atomic E-state index is -0.958. The highest BCUT2D eigenvalue weighted by Gasteiger charge is 2.26. The minimum absolute atomic E-state index is 0.0613. The zero-order chi connectivity index (χ0) is 24.9. The number of piperidine rings is 1. The molecule has 0 aliphatic carbocycles. The van der Waals surface area contributed by atoms with Gasteiger partial charge in [-0.3, -0.25) is 4.79 Å². The average Bonchev–Trinajstić information content (AvgIpc) is 2.92. The van der Waals surface area contributed by atoms with Crippen molar-refractivity contribution in [2.75, 3.05) is 36.5 Å². The van der Waals surface area contributed by atoms with Crippen LogP contribution >= 0.6 is 0 Å². The number of para-hydroxylation sites is 1. The van der Waals surface area contributed by atoms with Crippen LogP contribution in [-0.2, 0) is 11.2 Å². The fraction of sp³-hybridized carbons (Fsp3) is 0.321. The molecule has 1 unspecified atom stereocenters. The number of hydrogen-bond donors (Lipinski definition) is 2. The molecule has 1 saturated heterocycles. The summed E-state index contributed by atoms with van der Waals surface area (Å²) in [5, 5.41) is 12.1. The minimum Gasteiger partial charge on any atom is -0.493 e. The molecule has 0 spiro atoms. The molecular weight excluding hydrogens is 458 g/mol. The number of aromatic carboxylic acids is 1. The van der Waals surface area contributed by atoms with Crippen LogP contribution in [0.1, 0.15) is 28.8 Å². The van der Waals surface area contributed by atoms with Gasteiger partial charge in [-0.25, -0.2) is 9.78 Å². The molecule has 36 heavy (non-hydrogen) atoms. The molecule has 1 amide bonds. The SMILES string of the molecule is O=C(O)c1cccc(OCC2CCN(c3ccc(NC(=O)C4COc5ccccc5C4)cn3)CC2)c1. The van der Waals surface area contributed by atoms with Crippen LogP contribution < -0.4 is 19.7 Å². The summed E-state index contributed by atoms with van der Waals surface area (Å²) in [6.07, 6.45) is 4.29. The summed E-state index contributed by atoms with van der Waals surface area (Å²) in [5.74, 6) is 1.48. The number of carboxylic acids is 1. The lowest BCUT2D eigenvalue weighted by Crippen LogP contribution is -2.36. The maximum atomic E-state index is 12.7. The maximum Gasteiger partial charge on any atom is 0.335 e. The standard InChI is InChI=1S/C28H29N3O5/c32-27(22-14-20-4-1-2-7-25(20)36-18-22)30-23-8-9-26(29-16-23)31-12-10-19(11-13-31)17-35-24-6-3-5-21(15-24)28(33)34/h1-9,15-16,19,22H,10-14,17-18H2,(H,30,32)(H,33,34). The highest BCUT2D eigenvalue weighted by Crippen LogP contribution is 2.28. The first-order valence-electron chi connectivity index (χ1n) is 12.2. The summed E-state index contributed by atoms with van der Waals surface area (Å²) in [4.78, 5) is 30.7. The van der Waals surface area contributed by atoms with Gasteiger partial charge in [-0.05, 0) is 67.1 Å². The van der Waals surface area contributed by atoms with E-state index in [1.807, 2.05) is 36.4 Å². The van der Waals surface area contributed by atoms with Crippen LogP contribution in [0.5, 0.6) is 11.5 Å². The molecule has 0 bridgehead atoms. The summed E-state index contributed by atoms with van der Waals surface area (Å²) in [6, 6.07) is 18.3. The number of nitrogens with one attached hydrogen (secondary N) is 1. The third-order valence-electron chi connectivity index (χ3n) is 6.77. The lowest BCUT2D eigenvalue weighted by atomic mass is 9.96. The molecule has 0 radical (unpaired) electrons. The first-order valence-corrected chi connectivity index (χ1v) is 12.2. The van der Waals surface area contributed by atoms with Gasteiger partial charge >= 0.3 is 5.97 Å². The summed E-state index contributed by atoms with van der Waals surface area (Å²) in [7, 11) is 0. The first kappa shape index (κ1) is 23.7. The van der Waals surface area contributed by atoms with E-state index in [-0.39, 0.29) is 17.4 Å². The van der Waals surface area contributed by atoms with E-state index < -0.39 is 5.97 Å². The molecule has 2 aromatic carbocycles. The monoisotopic (exact) mass is 487 g/mol. The van der Waals surface area contributed by atoms with Gasteiger partial charge in [0.2, 0.25) is 5.91 Å². The highest BCUT2D eigenvalue weighted by molar-refractivity contribution is 5.93. The molecule has 5 rings (SSSR count). The number of nitrogens with zero attached hydrogens (tertiary/aromatic N) is 2. The van der Waals surface area contributed by atoms with E-state index in [0.717, 1.165) is 43.1 Å². The molecule has 2 aliphatic rings. The molecule has 1 aromatic heterocycles. The van der Waals surface area contributed by atoms with Crippen molar-refractivity contribution in [2.45, 2.75) is 19.3 Å². The van der Waals surface area contributed by atoms with E-state index in [2.05, 4.69) is 15.2 Å². The number of amides is 1. The van der Waals surface area contributed by atoms with Gasteiger partial charge in [0.25, 0.3) is 0 Å². The second-order valence-electron chi connectivity index (χ2n) is 9.29. The number of pyridine rings is 1. The van der Waals surface area contributed by atoms with Crippen molar-refractivity contribution in [1.29, 1.82) is 0 Å². The molecule has 3 aromatic rings. The molecule has 1 fully saturated rings. The van der Waals surface area contributed by atoms with Crippen molar-refractivity contribution < 1.29 is 24.2 Å². The molecular formula is C28H29N3O5. The Labute approximate surface area is 209 Å². The molecule has 8 heteroatoms.